The van der Waals surface area contributed by atoms with Crippen LogP contribution in [0.1, 0.15) is 11.1 Å². The highest BCUT2D eigenvalue weighted by Gasteiger charge is 2.12. The summed E-state index contributed by atoms with van der Waals surface area (Å²) in [5, 5.41) is 2.11. The fourth-order valence-electron chi connectivity index (χ4n) is 2.17. The van der Waals surface area contributed by atoms with Crippen molar-refractivity contribution < 1.29 is 0 Å². The van der Waals surface area contributed by atoms with Crippen LogP contribution in [-0.4, -0.2) is 9.55 Å². The van der Waals surface area contributed by atoms with Crippen LogP contribution in [-0.2, 0) is 13.6 Å². The minimum Gasteiger partial charge on any atom is -0.326 e. The number of hydrogen-bond donors (Lipinski definition) is 1. The number of nitrogens with two attached hydrogens (primary N) is 1. The van der Waals surface area contributed by atoms with E-state index in [1.165, 1.54) is 10.4 Å². The number of fused-ring (bicyclic) bond motifs is 1. The zero-order valence-electron chi connectivity index (χ0n) is 10.5. The average molecular weight is 257 g/mol. The maximum Gasteiger partial charge on any atom is 0.151 e. The maximum atomic E-state index is 5.69. The Kier molecular flexibility index (Phi) is 2.69. The van der Waals surface area contributed by atoms with Gasteiger partial charge in [-0.05, 0) is 41.6 Å². The maximum absolute atomic E-state index is 5.69. The van der Waals surface area contributed by atoms with E-state index < -0.39 is 0 Å². The van der Waals surface area contributed by atoms with Crippen molar-refractivity contribution in [2.45, 2.75) is 13.5 Å². The standard InChI is InChI=1S/C14H15N3S/c1-9-5-6-18-13(9)14-16-11-4-3-10(8-15)7-12(11)17(14)2/h3-7H,8,15H2,1-2H3. The fraction of sp³-hybridized carbons (Fsp3) is 0.214. The second-order valence-corrected chi connectivity index (χ2v) is 5.37. The molecule has 2 N–H and O–H groups in total. The summed E-state index contributed by atoms with van der Waals surface area (Å²) < 4.78 is 2.15. The first kappa shape index (κ1) is 11.4. The van der Waals surface area contributed by atoms with E-state index >= 15 is 0 Å². The van der Waals surface area contributed by atoms with Gasteiger partial charge < -0.3 is 10.3 Å². The summed E-state index contributed by atoms with van der Waals surface area (Å²) >= 11 is 1.73. The summed E-state index contributed by atoms with van der Waals surface area (Å²) in [6.45, 7) is 2.69. The second-order valence-electron chi connectivity index (χ2n) is 4.45. The van der Waals surface area contributed by atoms with Crippen molar-refractivity contribution in [3.63, 3.8) is 0 Å². The van der Waals surface area contributed by atoms with Crippen LogP contribution in [0.15, 0.2) is 29.6 Å². The molecule has 4 heteroatoms. The zero-order chi connectivity index (χ0) is 12.7. The van der Waals surface area contributed by atoms with Crippen LogP contribution in [0.25, 0.3) is 21.7 Å². The number of thiophene rings is 1. The van der Waals surface area contributed by atoms with Gasteiger partial charge in [0.2, 0.25) is 0 Å². The third-order valence-corrected chi connectivity index (χ3v) is 4.26. The molecule has 3 nitrogen and oxygen atoms in total. The smallest absolute Gasteiger partial charge is 0.151 e. The van der Waals surface area contributed by atoms with Crippen molar-refractivity contribution in [2.75, 3.05) is 0 Å². The summed E-state index contributed by atoms with van der Waals surface area (Å²) in [4.78, 5) is 5.96. The fourth-order valence-corrected chi connectivity index (χ4v) is 3.12. The van der Waals surface area contributed by atoms with Crippen LogP contribution in [0, 0.1) is 6.92 Å². The average Bonchev–Trinajstić information content (AvgIpc) is 2.93. The molecule has 92 valence electrons. The lowest BCUT2D eigenvalue weighted by Crippen LogP contribution is -1.96. The molecule has 0 amide bonds. The van der Waals surface area contributed by atoms with Crippen LogP contribution in [0.4, 0.5) is 0 Å². The van der Waals surface area contributed by atoms with Crippen LogP contribution >= 0.6 is 11.3 Å². The van der Waals surface area contributed by atoms with Gasteiger partial charge in [0.1, 0.15) is 0 Å². The van der Waals surface area contributed by atoms with Gasteiger partial charge in [0.25, 0.3) is 0 Å². The highest BCUT2D eigenvalue weighted by Crippen LogP contribution is 2.30. The molecule has 0 aliphatic heterocycles. The van der Waals surface area contributed by atoms with Gasteiger partial charge >= 0.3 is 0 Å². The molecule has 0 spiro atoms. The van der Waals surface area contributed by atoms with E-state index in [4.69, 9.17) is 10.7 Å². The summed E-state index contributed by atoms with van der Waals surface area (Å²) in [6, 6.07) is 8.34. The van der Waals surface area contributed by atoms with E-state index in [1.54, 1.807) is 11.3 Å². The molecule has 0 fully saturated rings. The minimum absolute atomic E-state index is 0.564. The Bertz CT molecular complexity index is 709. The molecule has 0 saturated carbocycles. The lowest BCUT2D eigenvalue weighted by Gasteiger charge is -2.02. The van der Waals surface area contributed by atoms with Crippen LogP contribution in [0.5, 0.6) is 0 Å². The van der Waals surface area contributed by atoms with Crippen LogP contribution < -0.4 is 5.73 Å². The topological polar surface area (TPSA) is 43.8 Å². The van der Waals surface area contributed by atoms with E-state index in [2.05, 4.69) is 36.1 Å². The van der Waals surface area contributed by atoms with Crippen molar-refractivity contribution in [1.29, 1.82) is 0 Å². The first-order valence-electron chi connectivity index (χ1n) is 5.90. The Morgan fingerprint density at radius 2 is 2.17 bits per heavy atom. The molecule has 0 radical (unpaired) electrons. The molecule has 2 aromatic heterocycles. The third kappa shape index (κ3) is 1.65. The highest BCUT2D eigenvalue weighted by molar-refractivity contribution is 7.13. The van der Waals surface area contributed by atoms with Crippen molar-refractivity contribution in [3.05, 3.63) is 40.8 Å². The third-order valence-electron chi connectivity index (χ3n) is 3.25. The van der Waals surface area contributed by atoms with Crippen LogP contribution in [0.3, 0.4) is 0 Å². The number of nitrogens with zero attached hydrogens (tertiary/aromatic N) is 2. The molecule has 0 unspecified atom stereocenters. The molecule has 0 aliphatic rings. The Labute approximate surface area is 110 Å². The molecule has 18 heavy (non-hydrogen) atoms. The summed E-state index contributed by atoms with van der Waals surface area (Å²) in [6.07, 6.45) is 0. The van der Waals surface area contributed by atoms with Gasteiger partial charge in [0.05, 0.1) is 15.9 Å². The zero-order valence-corrected chi connectivity index (χ0v) is 11.3. The molecule has 0 bridgehead atoms. The van der Waals surface area contributed by atoms with E-state index in [9.17, 15) is 0 Å². The highest BCUT2D eigenvalue weighted by atomic mass is 32.1. The molecule has 0 aliphatic carbocycles. The van der Waals surface area contributed by atoms with Crippen LogP contribution in [0.2, 0.25) is 0 Å². The predicted molar refractivity (Wildman–Crippen MR) is 76.7 cm³/mol. The Hall–Kier alpha value is -1.65. The second kappa shape index (κ2) is 4.23. The molecule has 0 saturated heterocycles. The Morgan fingerprint density at radius 1 is 1.33 bits per heavy atom. The number of rotatable bonds is 2. The number of aromatic nitrogens is 2. The number of aryl methyl sites for hydroxylation is 2. The van der Waals surface area contributed by atoms with Gasteiger partial charge in [-0.25, -0.2) is 4.98 Å². The molecular weight excluding hydrogens is 242 g/mol. The lowest BCUT2D eigenvalue weighted by atomic mass is 10.2. The largest absolute Gasteiger partial charge is 0.326 e. The Balaban J connectivity index is 2.26. The summed E-state index contributed by atoms with van der Waals surface area (Å²) in [5.41, 5.74) is 10.3. The molecule has 1 aromatic carbocycles. The Morgan fingerprint density at radius 3 is 2.83 bits per heavy atom. The molecule has 3 aromatic rings. The predicted octanol–water partition coefficient (Wildman–Crippen LogP) is 3.07. The first-order valence-corrected chi connectivity index (χ1v) is 6.78. The van der Waals surface area contributed by atoms with E-state index in [0.29, 0.717) is 6.54 Å². The number of benzene rings is 1. The number of imidazole rings is 1. The van der Waals surface area contributed by atoms with Gasteiger partial charge in [-0.1, -0.05) is 6.07 Å². The minimum atomic E-state index is 0.564. The monoisotopic (exact) mass is 257 g/mol. The van der Waals surface area contributed by atoms with Gasteiger partial charge in [-0.3, -0.25) is 0 Å². The van der Waals surface area contributed by atoms with Crippen molar-refractivity contribution >= 4 is 22.4 Å². The first-order chi connectivity index (χ1) is 8.70. The van der Waals surface area contributed by atoms with Crippen molar-refractivity contribution in [2.24, 2.45) is 12.8 Å². The van der Waals surface area contributed by atoms with Gasteiger partial charge in [0.15, 0.2) is 5.82 Å². The molecule has 0 atom stereocenters. The SMILES string of the molecule is Cc1ccsc1-c1nc2ccc(CN)cc2n1C. The summed E-state index contributed by atoms with van der Waals surface area (Å²) in [5.74, 6) is 1.03. The quantitative estimate of drug-likeness (QED) is 0.766. The van der Waals surface area contributed by atoms with Crippen molar-refractivity contribution in [1.82, 2.24) is 9.55 Å². The van der Waals surface area contributed by atoms with Gasteiger partial charge in [0, 0.05) is 13.6 Å². The molecule has 3 rings (SSSR count). The van der Waals surface area contributed by atoms with E-state index in [0.717, 1.165) is 22.4 Å². The van der Waals surface area contributed by atoms with E-state index in [-0.39, 0.29) is 0 Å². The van der Waals surface area contributed by atoms with Gasteiger partial charge in [-0.15, -0.1) is 11.3 Å². The van der Waals surface area contributed by atoms with Crippen molar-refractivity contribution in [3.8, 4) is 10.7 Å². The molecule has 2 heterocycles. The number of hydrogen-bond acceptors (Lipinski definition) is 3. The van der Waals surface area contributed by atoms with Gasteiger partial charge in [-0.2, -0.15) is 0 Å². The summed E-state index contributed by atoms with van der Waals surface area (Å²) in [7, 11) is 2.06. The van der Waals surface area contributed by atoms with E-state index in [1.807, 2.05) is 12.1 Å². The molecular formula is C14H15N3S. The normalized spacial score (nSPS) is 11.3. The lowest BCUT2D eigenvalue weighted by molar-refractivity contribution is 0.958.